The summed E-state index contributed by atoms with van der Waals surface area (Å²) in [6, 6.07) is 0. The van der Waals surface area contributed by atoms with Crippen molar-refractivity contribution < 1.29 is 0 Å². The van der Waals surface area contributed by atoms with Crippen LogP contribution in [0.1, 0.15) is 26.3 Å². The van der Waals surface area contributed by atoms with Crippen LogP contribution in [0.3, 0.4) is 0 Å². The Morgan fingerprint density at radius 3 is 2.47 bits per heavy atom. The van der Waals surface area contributed by atoms with E-state index in [1.807, 2.05) is 20.8 Å². The first-order valence-electron chi connectivity index (χ1n) is 4.47. The van der Waals surface area contributed by atoms with Crippen LogP contribution >= 0.6 is 0 Å². The summed E-state index contributed by atoms with van der Waals surface area (Å²) in [6.07, 6.45) is 1.47. The lowest BCUT2D eigenvalue weighted by Gasteiger charge is -2.22. The van der Waals surface area contributed by atoms with Crippen LogP contribution in [0.4, 0.5) is 5.82 Å². The summed E-state index contributed by atoms with van der Waals surface area (Å²) in [4.78, 5) is 15.1. The maximum absolute atomic E-state index is 11.5. The summed E-state index contributed by atoms with van der Waals surface area (Å²) in [7, 11) is 0. The SMILES string of the molecule is CC(C)(C)n1cc(C(=N)N)c(N)nc1=O. The molecule has 1 aromatic rings. The van der Waals surface area contributed by atoms with E-state index in [1.54, 1.807) is 0 Å². The van der Waals surface area contributed by atoms with Crippen molar-refractivity contribution in [2.24, 2.45) is 5.73 Å². The second-order valence-corrected chi connectivity index (χ2v) is 4.28. The van der Waals surface area contributed by atoms with Crippen molar-refractivity contribution in [3.63, 3.8) is 0 Å². The van der Waals surface area contributed by atoms with E-state index in [0.717, 1.165) is 0 Å². The summed E-state index contributed by atoms with van der Waals surface area (Å²) in [5.41, 5.74) is 10.2. The van der Waals surface area contributed by atoms with Crippen LogP contribution in [0.5, 0.6) is 0 Å². The number of rotatable bonds is 1. The number of aromatic nitrogens is 2. The molecule has 0 fully saturated rings. The molecule has 0 atom stereocenters. The lowest BCUT2D eigenvalue weighted by Crippen LogP contribution is -2.37. The summed E-state index contributed by atoms with van der Waals surface area (Å²) in [5.74, 6) is -0.203. The fourth-order valence-electron chi connectivity index (χ4n) is 1.16. The molecule has 0 saturated carbocycles. The maximum Gasteiger partial charge on any atom is 0.350 e. The van der Waals surface area contributed by atoms with E-state index in [2.05, 4.69) is 4.98 Å². The van der Waals surface area contributed by atoms with Crippen molar-refractivity contribution in [2.75, 3.05) is 5.73 Å². The van der Waals surface area contributed by atoms with Gasteiger partial charge in [0.15, 0.2) is 0 Å². The van der Waals surface area contributed by atoms with Crippen molar-refractivity contribution in [2.45, 2.75) is 26.3 Å². The summed E-state index contributed by atoms with van der Waals surface area (Å²) in [5, 5.41) is 7.29. The molecule has 0 amide bonds. The zero-order chi connectivity index (χ0) is 11.8. The van der Waals surface area contributed by atoms with E-state index >= 15 is 0 Å². The van der Waals surface area contributed by atoms with E-state index in [9.17, 15) is 4.79 Å². The molecule has 1 heterocycles. The van der Waals surface area contributed by atoms with Crippen LogP contribution in [-0.2, 0) is 5.54 Å². The number of anilines is 1. The minimum Gasteiger partial charge on any atom is -0.384 e. The fraction of sp³-hybridized carbons (Fsp3) is 0.444. The molecule has 15 heavy (non-hydrogen) atoms. The van der Waals surface area contributed by atoms with Crippen LogP contribution in [-0.4, -0.2) is 15.4 Å². The minimum atomic E-state index is -0.440. The number of nitrogens with one attached hydrogen (secondary N) is 1. The highest BCUT2D eigenvalue weighted by Crippen LogP contribution is 2.13. The molecular formula is C9H15N5O. The Bertz CT molecular complexity index is 455. The summed E-state index contributed by atoms with van der Waals surface area (Å²) in [6.45, 7) is 5.57. The highest BCUT2D eigenvalue weighted by molar-refractivity contribution is 5.98. The van der Waals surface area contributed by atoms with Crippen LogP contribution < -0.4 is 17.2 Å². The predicted octanol–water partition coefficient (Wildman–Crippen LogP) is -0.135. The Hall–Kier alpha value is -1.85. The van der Waals surface area contributed by atoms with Crippen LogP contribution in [0, 0.1) is 5.41 Å². The molecular weight excluding hydrogens is 194 g/mol. The molecule has 0 spiro atoms. The van der Waals surface area contributed by atoms with E-state index in [0.29, 0.717) is 0 Å². The van der Waals surface area contributed by atoms with Gasteiger partial charge in [-0.3, -0.25) is 9.98 Å². The molecule has 1 aromatic heterocycles. The monoisotopic (exact) mass is 209 g/mol. The molecule has 6 nitrogen and oxygen atoms in total. The number of hydrogen-bond acceptors (Lipinski definition) is 4. The third-order valence-corrected chi connectivity index (χ3v) is 1.97. The molecule has 0 aliphatic carbocycles. The van der Waals surface area contributed by atoms with Crippen molar-refractivity contribution >= 4 is 11.7 Å². The van der Waals surface area contributed by atoms with Gasteiger partial charge >= 0.3 is 5.69 Å². The Morgan fingerprint density at radius 1 is 1.53 bits per heavy atom. The number of nitrogens with zero attached hydrogens (tertiary/aromatic N) is 2. The van der Waals surface area contributed by atoms with Crippen molar-refractivity contribution in [1.29, 1.82) is 5.41 Å². The fourth-order valence-corrected chi connectivity index (χ4v) is 1.16. The zero-order valence-corrected chi connectivity index (χ0v) is 9.03. The molecule has 0 bridgehead atoms. The molecule has 5 N–H and O–H groups in total. The quantitative estimate of drug-likeness (QED) is 0.441. The molecule has 0 aliphatic rings. The number of amidine groups is 1. The molecule has 0 unspecified atom stereocenters. The smallest absolute Gasteiger partial charge is 0.350 e. The van der Waals surface area contributed by atoms with E-state index in [4.69, 9.17) is 16.9 Å². The molecule has 6 heteroatoms. The van der Waals surface area contributed by atoms with Gasteiger partial charge in [0, 0.05) is 11.7 Å². The molecule has 0 saturated heterocycles. The number of nitrogen functional groups attached to an aromatic ring is 2. The van der Waals surface area contributed by atoms with E-state index < -0.39 is 11.2 Å². The Kier molecular flexibility index (Phi) is 2.53. The minimum absolute atomic E-state index is 0.00648. The van der Waals surface area contributed by atoms with Gasteiger partial charge in [0.05, 0.1) is 5.56 Å². The summed E-state index contributed by atoms with van der Waals surface area (Å²) < 4.78 is 1.40. The Labute approximate surface area is 87.4 Å². The van der Waals surface area contributed by atoms with E-state index in [-0.39, 0.29) is 17.2 Å². The van der Waals surface area contributed by atoms with Gasteiger partial charge in [-0.1, -0.05) is 0 Å². The zero-order valence-electron chi connectivity index (χ0n) is 9.03. The van der Waals surface area contributed by atoms with Crippen molar-refractivity contribution in [3.05, 3.63) is 22.2 Å². The Balaban J connectivity index is 3.51. The third-order valence-electron chi connectivity index (χ3n) is 1.97. The molecule has 0 aromatic carbocycles. The largest absolute Gasteiger partial charge is 0.384 e. The van der Waals surface area contributed by atoms with Gasteiger partial charge in [-0.15, -0.1) is 0 Å². The number of nitrogens with two attached hydrogens (primary N) is 2. The van der Waals surface area contributed by atoms with Gasteiger partial charge in [0.1, 0.15) is 11.7 Å². The van der Waals surface area contributed by atoms with Gasteiger partial charge in [-0.05, 0) is 20.8 Å². The van der Waals surface area contributed by atoms with Crippen LogP contribution in [0.25, 0.3) is 0 Å². The predicted molar refractivity (Wildman–Crippen MR) is 58.9 cm³/mol. The lowest BCUT2D eigenvalue weighted by molar-refractivity contribution is 0.377. The van der Waals surface area contributed by atoms with Gasteiger partial charge in [0.2, 0.25) is 0 Å². The first kappa shape index (κ1) is 11.2. The molecule has 0 radical (unpaired) electrons. The lowest BCUT2D eigenvalue weighted by atomic mass is 10.1. The van der Waals surface area contributed by atoms with Gasteiger partial charge in [-0.2, -0.15) is 4.98 Å². The number of hydrogen-bond donors (Lipinski definition) is 3. The highest BCUT2D eigenvalue weighted by atomic mass is 16.1. The van der Waals surface area contributed by atoms with Crippen molar-refractivity contribution in [3.8, 4) is 0 Å². The first-order chi connectivity index (χ1) is 6.73. The standard InChI is InChI=1S/C9H15N5O/c1-9(2,3)14-4-5(6(10)11)7(12)13-8(14)15/h4H,1-3H3,(H3,10,11)(H2,12,13,15). The summed E-state index contributed by atoms with van der Waals surface area (Å²) >= 11 is 0. The topological polar surface area (TPSA) is 111 Å². The van der Waals surface area contributed by atoms with Gasteiger partial charge in [0.25, 0.3) is 0 Å². The van der Waals surface area contributed by atoms with Crippen LogP contribution in [0.2, 0.25) is 0 Å². The maximum atomic E-state index is 11.5. The highest BCUT2D eigenvalue weighted by Gasteiger charge is 2.17. The average Bonchev–Trinajstić information content (AvgIpc) is 2.00. The first-order valence-corrected chi connectivity index (χ1v) is 4.47. The second kappa shape index (κ2) is 3.38. The van der Waals surface area contributed by atoms with Gasteiger partial charge < -0.3 is 11.5 Å². The normalized spacial score (nSPS) is 11.4. The molecule has 0 aliphatic heterocycles. The second-order valence-electron chi connectivity index (χ2n) is 4.28. The third kappa shape index (κ3) is 2.15. The molecule has 1 rings (SSSR count). The van der Waals surface area contributed by atoms with Gasteiger partial charge in [-0.25, -0.2) is 4.79 Å². The Morgan fingerprint density at radius 2 is 2.07 bits per heavy atom. The van der Waals surface area contributed by atoms with Crippen LogP contribution in [0.15, 0.2) is 11.0 Å². The van der Waals surface area contributed by atoms with Crippen molar-refractivity contribution in [1.82, 2.24) is 9.55 Å². The van der Waals surface area contributed by atoms with E-state index in [1.165, 1.54) is 10.8 Å². The average molecular weight is 209 g/mol. The molecule has 82 valence electrons.